The highest BCUT2D eigenvalue weighted by molar-refractivity contribution is 4.60. The number of rotatable bonds is 21. The minimum atomic E-state index is 1.02. The quantitative estimate of drug-likeness (QED) is 0.105. The zero-order valence-electron chi connectivity index (χ0n) is 17.8. The van der Waals surface area contributed by atoms with Crippen LogP contribution in [0.15, 0.2) is 0 Å². The average molecular weight is 375 g/mol. The number of hydrogen-bond donors (Lipinski definition) is 6. The van der Waals surface area contributed by atoms with Crippen molar-refractivity contribution in [1.82, 2.24) is 41.9 Å². The molecule has 0 saturated carbocycles. The van der Waals surface area contributed by atoms with Crippen LogP contribution in [0.1, 0.15) is 13.8 Å². The Morgan fingerprint density at radius 1 is 0.577 bits per heavy atom. The van der Waals surface area contributed by atoms with E-state index in [1.165, 1.54) is 0 Å². The normalized spacial score (nSPS) is 11.8. The average Bonchev–Trinajstić information content (AvgIpc) is 2.65. The van der Waals surface area contributed by atoms with Gasteiger partial charge in [0.2, 0.25) is 0 Å². The minimum absolute atomic E-state index is 1.02. The second kappa shape index (κ2) is 21.0. The summed E-state index contributed by atoms with van der Waals surface area (Å²) in [5.74, 6) is 0. The van der Waals surface area contributed by atoms with Gasteiger partial charge in [-0.05, 0) is 13.6 Å². The topological polar surface area (TPSA) is 78.7 Å². The number of nitrogens with zero attached hydrogens (tertiary/aromatic N) is 2. The summed E-state index contributed by atoms with van der Waals surface area (Å²) in [6.07, 6.45) is 0. The van der Waals surface area contributed by atoms with Crippen molar-refractivity contribution in [3.8, 4) is 0 Å². The van der Waals surface area contributed by atoms with E-state index in [-0.39, 0.29) is 0 Å². The highest BCUT2D eigenvalue weighted by Gasteiger charge is 2.07. The molecule has 0 aliphatic heterocycles. The van der Waals surface area contributed by atoms with Crippen molar-refractivity contribution in [3.63, 3.8) is 0 Å². The molecular weight excluding hydrogens is 328 g/mol. The van der Waals surface area contributed by atoms with Gasteiger partial charge in [-0.1, -0.05) is 13.8 Å². The van der Waals surface area contributed by atoms with E-state index in [0.29, 0.717) is 0 Å². The van der Waals surface area contributed by atoms with Crippen molar-refractivity contribution in [2.24, 2.45) is 0 Å². The molecule has 0 spiro atoms. The molecule has 6 N–H and O–H groups in total. The zero-order chi connectivity index (χ0) is 19.3. The molecule has 0 radical (unpaired) electrons. The lowest BCUT2D eigenvalue weighted by atomic mass is 10.5. The highest BCUT2D eigenvalue weighted by Crippen LogP contribution is 1.92. The predicted octanol–water partition coefficient (Wildman–Crippen LogP) is -1.66. The highest BCUT2D eigenvalue weighted by atomic mass is 15.6. The van der Waals surface area contributed by atoms with Crippen molar-refractivity contribution in [2.45, 2.75) is 13.8 Å². The molecule has 0 amide bonds. The standard InChI is InChI=1S/C18H46N8/c1-5-20-9-10-22-12-14-24-16-18-26(6-2)25(4)17-15-23-13-11-21-8-7-19-3/h19-24H,5-18H2,1-4H3. The Bertz CT molecular complexity index is 268. The molecule has 0 aliphatic rings. The van der Waals surface area contributed by atoms with Gasteiger partial charge in [0.25, 0.3) is 0 Å². The van der Waals surface area contributed by atoms with Gasteiger partial charge in [-0.3, -0.25) is 0 Å². The Morgan fingerprint density at radius 3 is 1.54 bits per heavy atom. The monoisotopic (exact) mass is 374 g/mol. The van der Waals surface area contributed by atoms with E-state index in [1.54, 1.807) is 0 Å². The first-order valence-electron chi connectivity index (χ1n) is 10.4. The summed E-state index contributed by atoms with van der Waals surface area (Å²) >= 11 is 0. The van der Waals surface area contributed by atoms with E-state index in [0.717, 1.165) is 91.6 Å². The van der Waals surface area contributed by atoms with Gasteiger partial charge in [0.05, 0.1) is 0 Å². The first-order chi connectivity index (χ1) is 12.8. The molecule has 0 aromatic carbocycles. The first-order valence-corrected chi connectivity index (χ1v) is 10.4. The van der Waals surface area contributed by atoms with Crippen molar-refractivity contribution in [1.29, 1.82) is 0 Å². The molecule has 0 bridgehead atoms. The molecule has 8 heteroatoms. The fourth-order valence-corrected chi connectivity index (χ4v) is 2.58. The third-order valence-electron chi connectivity index (χ3n) is 4.24. The Balaban J connectivity index is 3.48. The Hall–Kier alpha value is -0.320. The number of likely N-dealkylation sites (N-methyl/N-ethyl adjacent to an activating group) is 4. The summed E-state index contributed by atoms with van der Waals surface area (Å²) in [7, 11) is 4.16. The Morgan fingerprint density at radius 2 is 1.04 bits per heavy atom. The molecule has 0 saturated heterocycles. The van der Waals surface area contributed by atoms with Gasteiger partial charge >= 0.3 is 0 Å². The van der Waals surface area contributed by atoms with Gasteiger partial charge in [0.1, 0.15) is 0 Å². The van der Waals surface area contributed by atoms with Crippen molar-refractivity contribution < 1.29 is 0 Å². The first kappa shape index (κ1) is 25.7. The fraction of sp³-hybridized carbons (Fsp3) is 1.00. The van der Waals surface area contributed by atoms with Crippen LogP contribution < -0.4 is 31.9 Å². The van der Waals surface area contributed by atoms with Crippen molar-refractivity contribution >= 4 is 0 Å². The van der Waals surface area contributed by atoms with Crippen LogP contribution in [0.4, 0.5) is 0 Å². The second-order valence-electron chi connectivity index (χ2n) is 6.38. The van der Waals surface area contributed by atoms with Crippen LogP contribution >= 0.6 is 0 Å². The maximum atomic E-state index is 3.52. The molecule has 158 valence electrons. The van der Waals surface area contributed by atoms with Gasteiger partial charge < -0.3 is 31.9 Å². The summed E-state index contributed by atoms with van der Waals surface area (Å²) < 4.78 is 0. The molecule has 0 fully saturated rings. The Labute approximate surface area is 162 Å². The summed E-state index contributed by atoms with van der Waals surface area (Å²) in [6.45, 7) is 18.8. The summed E-state index contributed by atoms with van der Waals surface area (Å²) in [5.41, 5.74) is 0. The second-order valence-corrected chi connectivity index (χ2v) is 6.38. The van der Waals surface area contributed by atoms with E-state index in [2.05, 4.69) is 62.8 Å². The summed E-state index contributed by atoms with van der Waals surface area (Å²) in [6, 6.07) is 0. The van der Waals surface area contributed by atoms with E-state index < -0.39 is 0 Å². The van der Waals surface area contributed by atoms with Gasteiger partial charge in [-0.15, -0.1) is 0 Å². The maximum absolute atomic E-state index is 3.52. The molecule has 0 aromatic rings. The maximum Gasteiger partial charge on any atom is 0.0258 e. The van der Waals surface area contributed by atoms with Gasteiger partial charge in [0.15, 0.2) is 0 Å². The lowest BCUT2D eigenvalue weighted by Crippen LogP contribution is -2.46. The molecule has 0 unspecified atom stereocenters. The smallest absolute Gasteiger partial charge is 0.0258 e. The fourth-order valence-electron chi connectivity index (χ4n) is 2.58. The van der Waals surface area contributed by atoms with E-state index in [4.69, 9.17) is 0 Å². The van der Waals surface area contributed by atoms with Crippen LogP contribution in [0.5, 0.6) is 0 Å². The van der Waals surface area contributed by atoms with Gasteiger partial charge in [-0.2, -0.15) is 0 Å². The molecule has 26 heavy (non-hydrogen) atoms. The molecular formula is C18H46N8. The van der Waals surface area contributed by atoms with E-state index >= 15 is 0 Å². The lowest BCUT2D eigenvalue weighted by Gasteiger charge is -2.31. The minimum Gasteiger partial charge on any atom is -0.318 e. The number of nitrogens with one attached hydrogen (secondary N) is 6. The van der Waals surface area contributed by atoms with Crippen LogP contribution in [0.25, 0.3) is 0 Å². The number of hydrazine groups is 1. The molecule has 8 nitrogen and oxygen atoms in total. The van der Waals surface area contributed by atoms with Crippen LogP contribution in [0.2, 0.25) is 0 Å². The van der Waals surface area contributed by atoms with Gasteiger partial charge in [0, 0.05) is 92.1 Å². The number of hydrogen-bond acceptors (Lipinski definition) is 8. The lowest BCUT2D eigenvalue weighted by molar-refractivity contribution is 0.00707. The van der Waals surface area contributed by atoms with Crippen LogP contribution in [-0.2, 0) is 0 Å². The third-order valence-corrected chi connectivity index (χ3v) is 4.24. The Kier molecular flexibility index (Phi) is 20.7. The van der Waals surface area contributed by atoms with Crippen LogP contribution in [-0.4, -0.2) is 116 Å². The molecule has 0 aliphatic carbocycles. The summed E-state index contributed by atoms with van der Waals surface area (Å²) in [4.78, 5) is 0. The van der Waals surface area contributed by atoms with Crippen molar-refractivity contribution in [3.05, 3.63) is 0 Å². The van der Waals surface area contributed by atoms with E-state index in [9.17, 15) is 0 Å². The summed E-state index contributed by atoms with van der Waals surface area (Å²) in [5, 5.41) is 25.0. The molecule has 0 heterocycles. The SMILES string of the molecule is CCNCCNCCNCCN(CC)N(C)CCNCCNCCNC. The predicted molar refractivity (Wildman–Crippen MR) is 114 cm³/mol. The molecule has 0 atom stereocenters. The van der Waals surface area contributed by atoms with Crippen LogP contribution in [0, 0.1) is 0 Å². The molecule has 0 rings (SSSR count). The third kappa shape index (κ3) is 17.1. The van der Waals surface area contributed by atoms with Crippen molar-refractivity contribution in [2.75, 3.05) is 106 Å². The largest absolute Gasteiger partial charge is 0.318 e. The molecule has 0 aromatic heterocycles. The van der Waals surface area contributed by atoms with Crippen LogP contribution in [0.3, 0.4) is 0 Å². The van der Waals surface area contributed by atoms with E-state index in [1.807, 2.05) is 7.05 Å². The van der Waals surface area contributed by atoms with Gasteiger partial charge in [-0.25, -0.2) is 10.0 Å². The zero-order valence-corrected chi connectivity index (χ0v) is 17.8.